The van der Waals surface area contributed by atoms with Gasteiger partial charge in [0.25, 0.3) is 0 Å². The van der Waals surface area contributed by atoms with E-state index in [0.717, 1.165) is 19.7 Å². The van der Waals surface area contributed by atoms with Gasteiger partial charge in [0.15, 0.2) is 0 Å². The first kappa shape index (κ1) is 10.4. The molecule has 0 spiro atoms. The van der Waals surface area contributed by atoms with E-state index in [9.17, 15) is 0 Å². The van der Waals surface area contributed by atoms with Crippen molar-refractivity contribution in [2.24, 2.45) is 0 Å². The van der Waals surface area contributed by atoms with Crippen molar-refractivity contribution in [2.75, 3.05) is 26.8 Å². The average Bonchev–Trinajstić information content (AvgIpc) is 2.62. The summed E-state index contributed by atoms with van der Waals surface area (Å²) in [5.41, 5.74) is 0.151. The minimum absolute atomic E-state index is 0.151. The van der Waals surface area contributed by atoms with Gasteiger partial charge in [-0.15, -0.1) is 0 Å². The summed E-state index contributed by atoms with van der Waals surface area (Å²) in [6.07, 6.45) is 6.62. The van der Waals surface area contributed by atoms with E-state index in [2.05, 4.69) is 5.32 Å². The molecule has 1 N–H and O–H groups in total. The Hall–Kier alpha value is -0.120. The van der Waals surface area contributed by atoms with E-state index in [0.29, 0.717) is 6.10 Å². The molecule has 0 aromatic heterocycles. The van der Waals surface area contributed by atoms with Gasteiger partial charge in [0, 0.05) is 26.8 Å². The van der Waals surface area contributed by atoms with Crippen molar-refractivity contribution in [1.29, 1.82) is 0 Å². The SMILES string of the molecule is COC1(CNCC2CCCO2)CCC1. The number of nitrogens with one attached hydrogen (secondary N) is 1. The Morgan fingerprint density at radius 3 is 2.79 bits per heavy atom. The number of hydrogen-bond acceptors (Lipinski definition) is 3. The van der Waals surface area contributed by atoms with Gasteiger partial charge in [-0.3, -0.25) is 0 Å². The van der Waals surface area contributed by atoms with E-state index < -0.39 is 0 Å². The molecule has 1 aliphatic carbocycles. The Morgan fingerprint density at radius 1 is 1.43 bits per heavy atom. The molecule has 0 aromatic carbocycles. The van der Waals surface area contributed by atoms with Crippen molar-refractivity contribution in [3.63, 3.8) is 0 Å². The molecule has 2 fully saturated rings. The Bertz CT molecular complexity index is 169. The summed E-state index contributed by atoms with van der Waals surface area (Å²) in [6.45, 7) is 2.93. The summed E-state index contributed by atoms with van der Waals surface area (Å²) < 4.78 is 11.1. The van der Waals surface area contributed by atoms with Crippen molar-refractivity contribution < 1.29 is 9.47 Å². The molecule has 1 unspecified atom stereocenters. The van der Waals surface area contributed by atoms with Crippen LogP contribution in [0.2, 0.25) is 0 Å². The monoisotopic (exact) mass is 199 g/mol. The van der Waals surface area contributed by atoms with Gasteiger partial charge in [0.2, 0.25) is 0 Å². The second-order valence-corrected chi connectivity index (χ2v) is 4.51. The van der Waals surface area contributed by atoms with Crippen LogP contribution in [-0.2, 0) is 9.47 Å². The number of hydrogen-bond donors (Lipinski definition) is 1. The van der Waals surface area contributed by atoms with Crippen LogP contribution in [0.15, 0.2) is 0 Å². The summed E-state index contributed by atoms with van der Waals surface area (Å²) in [4.78, 5) is 0. The molecule has 2 aliphatic rings. The first-order valence-corrected chi connectivity index (χ1v) is 5.72. The highest BCUT2D eigenvalue weighted by Crippen LogP contribution is 2.34. The van der Waals surface area contributed by atoms with Crippen LogP contribution in [0.4, 0.5) is 0 Å². The van der Waals surface area contributed by atoms with E-state index in [-0.39, 0.29) is 5.60 Å². The molecule has 0 amide bonds. The lowest BCUT2D eigenvalue weighted by Gasteiger charge is -2.40. The normalized spacial score (nSPS) is 30.2. The zero-order valence-corrected chi connectivity index (χ0v) is 9.05. The maximum absolute atomic E-state index is 5.55. The molecule has 1 heterocycles. The van der Waals surface area contributed by atoms with Gasteiger partial charge in [0.05, 0.1) is 11.7 Å². The second kappa shape index (κ2) is 4.60. The predicted molar refractivity (Wildman–Crippen MR) is 55.4 cm³/mol. The smallest absolute Gasteiger partial charge is 0.0802 e. The summed E-state index contributed by atoms with van der Waals surface area (Å²) in [5, 5.41) is 3.47. The van der Waals surface area contributed by atoms with Gasteiger partial charge < -0.3 is 14.8 Å². The molecule has 1 atom stereocenters. The molecular formula is C11H21NO2. The summed E-state index contributed by atoms with van der Waals surface area (Å²) in [6, 6.07) is 0. The van der Waals surface area contributed by atoms with Crippen molar-refractivity contribution in [3.05, 3.63) is 0 Å². The zero-order chi connectivity index (χ0) is 9.86. The maximum atomic E-state index is 5.55. The molecule has 3 heteroatoms. The molecule has 1 aliphatic heterocycles. The van der Waals surface area contributed by atoms with Crippen LogP contribution in [0.25, 0.3) is 0 Å². The highest BCUT2D eigenvalue weighted by Gasteiger charge is 2.36. The molecule has 14 heavy (non-hydrogen) atoms. The molecule has 0 aromatic rings. The van der Waals surface area contributed by atoms with Crippen LogP contribution in [0.3, 0.4) is 0 Å². The summed E-state index contributed by atoms with van der Waals surface area (Å²) >= 11 is 0. The lowest BCUT2D eigenvalue weighted by Crippen LogP contribution is -2.49. The van der Waals surface area contributed by atoms with Crippen LogP contribution in [0.5, 0.6) is 0 Å². The molecule has 82 valence electrons. The highest BCUT2D eigenvalue weighted by molar-refractivity contribution is 4.91. The molecule has 2 rings (SSSR count). The fourth-order valence-corrected chi connectivity index (χ4v) is 2.29. The fourth-order valence-electron chi connectivity index (χ4n) is 2.29. The lowest BCUT2D eigenvalue weighted by molar-refractivity contribution is -0.0705. The van der Waals surface area contributed by atoms with Crippen molar-refractivity contribution in [3.8, 4) is 0 Å². The van der Waals surface area contributed by atoms with Crippen LogP contribution < -0.4 is 5.32 Å². The number of methoxy groups -OCH3 is 1. The van der Waals surface area contributed by atoms with Crippen LogP contribution >= 0.6 is 0 Å². The molecule has 1 saturated heterocycles. The van der Waals surface area contributed by atoms with E-state index in [1.807, 2.05) is 7.11 Å². The first-order valence-electron chi connectivity index (χ1n) is 5.72. The third-order valence-electron chi connectivity index (χ3n) is 3.54. The fraction of sp³-hybridized carbons (Fsp3) is 1.00. The Balaban J connectivity index is 1.61. The van der Waals surface area contributed by atoms with Crippen molar-refractivity contribution in [2.45, 2.75) is 43.8 Å². The minimum Gasteiger partial charge on any atom is -0.377 e. The Kier molecular flexibility index (Phi) is 3.42. The summed E-state index contributed by atoms with van der Waals surface area (Å²) in [5.74, 6) is 0. The third kappa shape index (κ3) is 2.27. The number of rotatable bonds is 5. The van der Waals surface area contributed by atoms with Crippen molar-refractivity contribution in [1.82, 2.24) is 5.32 Å². The van der Waals surface area contributed by atoms with Gasteiger partial charge in [-0.1, -0.05) is 0 Å². The molecular weight excluding hydrogens is 178 g/mol. The summed E-state index contributed by atoms with van der Waals surface area (Å²) in [7, 11) is 1.83. The van der Waals surface area contributed by atoms with E-state index in [1.54, 1.807) is 0 Å². The van der Waals surface area contributed by atoms with Crippen molar-refractivity contribution >= 4 is 0 Å². The molecule has 1 saturated carbocycles. The number of ether oxygens (including phenoxy) is 2. The van der Waals surface area contributed by atoms with Gasteiger partial charge in [-0.05, 0) is 32.1 Å². The third-order valence-corrected chi connectivity index (χ3v) is 3.54. The first-order chi connectivity index (χ1) is 6.85. The van der Waals surface area contributed by atoms with Crippen LogP contribution in [-0.4, -0.2) is 38.5 Å². The maximum Gasteiger partial charge on any atom is 0.0802 e. The Labute approximate surface area is 86.2 Å². The Morgan fingerprint density at radius 2 is 2.29 bits per heavy atom. The van der Waals surface area contributed by atoms with Crippen LogP contribution in [0, 0.1) is 0 Å². The van der Waals surface area contributed by atoms with E-state index in [1.165, 1.54) is 32.1 Å². The topological polar surface area (TPSA) is 30.5 Å². The van der Waals surface area contributed by atoms with Crippen LogP contribution in [0.1, 0.15) is 32.1 Å². The lowest BCUT2D eigenvalue weighted by atomic mass is 9.80. The van der Waals surface area contributed by atoms with Gasteiger partial charge >= 0.3 is 0 Å². The average molecular weight is 199 g/mol. The molecule has 0 bridgehead atoms. The van der Waals surface area contributed by atoms with E-state index in [4.69, 9.17) is 9.47 Å². The quantitative estimate of drug-likeness (QED) is 0.724. The van der Waals surface area contributed by atoms with Gasteiger partial charge in [-0.2, -0.15) is 0 Å². The predicted octanol–water partition coefficient (Wildman–Crippen LogP) is 1.32. The minimum atomic E-state index is 0.151. The standard InChI is InChI=1S/C11H21NO2/c1-13-11(5-3-6-11)9-12-8-10-4-2-7-14-10/h10,12H,2-9H2,1H3. The van der Waals surface area contributed by atoms with Gasteiger partial charge in [-0.25, -0.2) is 0 Å². The van der Waals surface area contributed by atoms with Gasteiger partial charge in [0.1, 0.15) is 0 Å². The molecule has 0 radical (unpaired) electrons. The second-order valence-electron chi connectivity index (χ2n) is 4.51. The largest absolute Gasteiger partial charge is 0.377 e. The highest BCUT2D eigenvalue weighted by atomic mass is 16.5. The molecule has 3 nitrogen and oxygen atoms in total. The zero-order valence-electron chi connectivity index (χ0n) is 9.05. The van der Waals surface area contributed by atoms with E-state index >= 15 is 0 Å².